The second kappa shape index (κ2) is 6.61. The molecular formula is C20H18F3NO2. The minimum atomic E-state index is -1.42. The number of aliphatic hydroxyl groups is 1. The maximum absolute atomic E-state index is 14.3. The zero-order chi connectivity index (χ0) is 19.1. The highest BCUT2D eigenvalue weighted by Crippen LogP contribution is 2.38. The number of fused-ring (bicyclic) bond motifs is 1. The van der Waals surface area contributed by atoms with Gasteiger partial charge in [0.15, 0.2) is 11.6 Å². The molecule has 1 unspecified atom stereocenters. The molecule has 1 aromatic heterocycles. The van der Waals surface area contributed by atoms with Gasteiger partial charge in [-0.25, -0.2) is 18.2 Å². The fraction of sp³-hybridized carbons (Fsp3) is 0.250. The minimum Gasteiger partial charge on any atom is -0.455 e. The third-order valence-corrected chi connectivity index (χ3v) is 4.45. The zero-order valence-corrected chi connectivity index (χ0v) is 14.6. The Hall–Kier alpha value is -2.60. The first kappa shape index (κ1) is 18.2. The van der Waals surface area contributed by atoms with Crippen molar-refractivity contribution in [2.45, 2.75) is 32.8 Å². The van der Waals surface area contributed by atoms with Crippen LogP contribution < -0.4 is 4.74 Å². The van der Waals surface area contributed by atoms with Gasteiger partial charge in [-0.2, -0.15) is 0 Å². The maximum atomic E-state index is 14.3. The Bertz CT molecular complexity index is 986. The summed E-state index contributed by atoms with van der Waals surface area (Å²) in [5.41, 5.74) is -1.18. The summed E-state index contributed by atoms with van der Waals surface area (Å²) in [7, 11) is 0. The van der Waals surface area contributed by atoms with Gasteiger partial charge in [-0.15, -0.1) is 0 Å². The van der Waals surface area contributed by atoms with Crippen molar-refractivity contribution < 1.29 is 23.0 Å². The lowest BCUT2D eigenvalue weighted by Crippen LogP contribution is -2.22. The molecule has 0 saturated carbocycles. The van der Waals surface area contributed by atoms with Crippen LogP contribution in [-0.2, 0) is 5.60 Å². The van der Waals surface area contributed by atoms with Crippen LogP contribution in [-0.4, -0.2) is 10.1 Å². The van der Waals surface area contributed by atoms with E-state index in [1.807, 2.05) is 0 Å². The summed E-state index contributed by atoms with van der Waals surface area (Å²) in [4.78, 5) is 4.07. The lowest BCUT2D eigenvalue weighted by Gasteiger charge is -2.25. The number of nitrogens with zero attached hydrogens (tertiary/aromatic N) is 1. The van der Waals surface area contributed by atoms with Crippen LogP contribution in [0.2, 0.25) is 0 Å². The van der Waals surface area contributed by atoms with Crippen molar-refractivity contribution in [2.24, 2.45) is 0 Å². The van der Waals surface area contributed by atoms with E-state index in [2.05, 4.69) is 4.98 Å². The molecular weight excluding hydrogens is 343 g/mol. The van der Waals surface area contributed by atoms with Gasteiger partial charge in [0.2, 0.25) is 0 Å². The zero-order valence-electron chi connectivity index (χ0n) is 14.6. The van der Waals surface area contributed by atoms with Crippen LogP contribution in [0.4, 0.5) is 13.2 Å². The minimum absolute atomic E-state index is 0.0345. The summed E-state index contributed by atoms with van der Waals surface area (Å²) in [5.74, 6) is -2.19. The number of aryl methyl sites for hydroxylation is 1. The fourth-order valence-electron chi connectivity index (χ4n) is 2.76. The van der Waals surface area contributed by atoms with Crippen LogP contribution in [0.5, 0.6) is 11.5 Å². The first-order valence-corrected chi connectivity index (χ1v) is 8.19. The number of halogens is 3. The molecule has 3 aromatic rings. The number of hydrogen-bond donors (Lipinski definition) is 1. The summed E-state index contributed by atoms with van der Waals surface area (Å²) < 4.78 is 47.4. The molecule has 3 rings (SSSR count). The molecule has 0 aliphatic carbocycles. The molecule has 0 amide bonds. The number of benzene rings is 2. The number of pyridine rings is 1. The van der Waals surface area contributed by atoms with E-state index in [1.165, 1.54) is 37.3 Å². The predicted molar refractivity (Wildman–Crippen MR) is 92.7 cm³/mol. The molecule has 0 aliphatic rings. The summed E-state index contributed by atoms with van der Waals surface area (Å²) in [6.07, 6.45) is 0.281. The van der Waals surface area contributed by atoms with Gasteiger partial charge in [0.05, 0.1) is 16.9 Å². The van der Waals surface area contributed by atoms with Gasteiger partial charge < -0.3 is 9.84 Å². The van der Waals surface area contributed by atoms with Crippen molar-refractivity contribution in [3.8, 4) is 11.5 Å². The third kappa shape index (κ3) is 3.12. The van der Waals surface area contributed by atoms with Gasteiger partial charge in [0.1, 0.15) is 22.8 Å². The Morgan fingerprint density at radius 1 is 1.08 bits per heavy atom. The Balaban J connectivity index is 2.12. The van der Waals surface area contributed by atoms with Gasteiger partial charge in [-0.3, -0.25) is 0 Å². The maximum Gasteiger partial charge on any atom is 0.184 e. The summed E-state index contributed by atoms with van der Waals surface area (Å²) in [5, 5.41) is 10.9. The summed E-state index contributed by atoms with van der Waals surface area (Å²) >= 11 is 0. The topological polar surface area (TPSA) is 42.4 Å². The van der Waals surface area contributed by atoms with Crippen molar-refractivity contribution in [1.29, 1.82) is 0 Å². The molecule has 0 bridgehead atoms. The second-order valence-electron chi connectivity index (χ2n) is 6.35. The Morgan fingerprint density at radius 2 is 1.81 bits per heavy atom. The normalized spacial score (nSPS) is 13.7. The molecule has 0 saturated heterocycles. The summed E-state index contributed by atoms with van der Waals surface area (Å²) in [6.45, 7) is 4.81. The Kier molecular flexibility index (Phi) is 4.63. The smallest absolute Gasteiger partial charge is 0.184 e. The lowest BCUT2D eigenvalue weighted by atomic mass is 9.92. The van der Waals surface area contributed by atoms with E-state index in [0.717, 1.165) is 6.07 Å². The second-order valence-corrected chi connectivity index (χ2v) is 6.35. The van der Waals surface area contributed by atoms with Crippen LogP contribution in [0, 0.1) is 24.4 Å². The molecule has 1 atom stereocenters. The largest absolute Gasteiger partial charge is 0.455 e. The molecule has 0 spiro atoms. The average Bonchev–Trinajstić information content (AvgIpc) is 2.59. The number of ether oxygens (including phenoxy) is 1. The molecule has 26 heavy (non-hydrogen) atoms. The average molecular weight is 361 g/mol. The lowest BCUT2D eigenvalue weighted by molar-refractivity contribution is 0.0471. The molecule has 136 valence electrons. The van der Waals surface area contributed by atoms with E-state index in [9.17, 15) is 18.3 Å². The highest BCUT2D eigenvalue weighted by molar-refractivity contribution is 5.81. The van der Waals surface area contributed by atoms with Gasteiger partial charge in [0.25, 0.3) is 0 Å². The highest BCUT2D eigenvalue weighted by atomic mass is 19.2. The van der Waals surface area contributed by atoms with Crippen molar-refractivity contribution in [3.05, 3.63) is 65.1 Å². The van der Waals surface area contributed by atoms with Crippen LogP contribution in [0.3, 0.4) is 0 Å². The van der Waals surface area contributed by atoms with Crippen LogP contribution in [0.15, 0.2) is 36.4 Å². The molecule has 1 heterocycles. The van der Waals surface area contributed by atoms with Gasteiger partial charge >= 0.3 is 0 Å². The standard InChI is InChI=1S/C20H18F3NO2/c1-4-20(3,25)17-13(21)6-5-7-15(17)26-16-10-12-8-9-14(22)18(23)19(12)24-11(16)2/h5-10,25H,4H2,1-3H3. The van der Waals surface area contributed by atoms with Gasteiger partial charge in [-0.1, -0.05) is 13.0 Å². The van der Waals surface area contributed by atoms with E-state index >= 15 is 0 Å². The molecule has 0 radical (unpaired) electrons. The quantitative estimate of drug-likeness (QED) is 0.679. The van der Waals surface area contributed by atoms with Crippen LogP contribution >= 0.6 is 0 Å². The first-order valence-electron chi connectivity index (χ1n) is 8.19. The van der Waals surface area contributed by atoms with E-state index in [0.29, 0.717) is 11.1 Å². The third-order valence-electron chi connectivity index (χ3n) is 4.45. The van der Waals surface area contributed by atoms with Crippen LogP contribution in [0.25, 0.3) is 10.9 Å². The number of rotatable bonds is 4. The van der Waals surface area contributed by atoms with Gasteiger partial charge in [-0.05, 0) is 50.6 Å². The fourth-order valence-corrected chi connectivity index (χ4v) is 2.76. The molecule has 0 aliphatic heterocycles. The molecule has 0 fully saturated rings. The predicted octanol–water partition coefficient (Wildman–Crippen LogP) is 5.37. The van der Waals surface area contributed by atoms with E-state index in [4.69, 9.17) is 4.74 Å². The van der Waals surface area contributed by atoms with E-state index < -0.39 is 23.1 Å². The van der Waals surface area contributed by atoms with Crippen LogP contribution in [0.1, 0.15) is 31.5 Å². The van der Waals surface area contributed by atoms with E-state index in [1.54, 1.807) is 13.8 Å². The SMILES string of the molecule is CCC(C)(O)c1c(F)cccc1Oc1cc2ccc(F)c(F)c2nc1C. The number of hydrogen-bond acceptors (Lipinski definition) is 3. The highest BCUT2D eigenvalue weighted by Gasteiger charge is 2.29. The summed E-state index contributed by atoms with van der Waals surface area (Å²) in [6, 6.07) is 8.16. The monoisotopic (exact) mass is 361 g/mol. The molecule has 2 aromatic carbocycles. The first-order chi connectivity index (χ1) is 12.2. The molecule has 1 N–H and O–H groups in total. The van der Waals surface area contributed by atoms with Crippen molar-refractivity contribution in [1.82, 2.24) is 4.98 Å². The van der Waals surface area contributed by atoms with E-state index in [-0.39, 0.29) is 29.0 Å². The van der Waals surface area contributed by atoms with Crippen molar-refractivity contribution in [2.75, 3.05) is 0 Å². The van der Waals surface area contributed by atoms with Crippen molar-refractivity contribution >= 4 is 10.9 Å². The Labute approximate surface area is 149 Å². The van der Waals surface area contributed by atoms with Crippen molar-refractivity contribution in [3.63, 3.8) is 0 Å². The number of aromatic nitrogens is 1. The Morgan fingerprint density at radius 3 is 2.50 bits per heavy atom. The molecule has 3 nitrogen and oxygen atoms in total. The molecule has 6 heteroatoms. The van der Waals surface area contributed by atoms with Gasteiger partial charge in [0, 0.05) is 5.39 Å².